The van der Waals surface area contributed by atoms with E-state index in [1.807, 2.05) is 0 Å². The lowest BCUT2D eigenvalue weighted by atomic mass is 10.3. The van der Waals surface area contributed by atoms with Crippen LogP contribution in [0.5, 0.6) is 0 Å². The molecule has 0 bridgehead atoms. The Kier molecular flexibility index (Phi) is 0.984. The molecule has 0 spiro atoms. The maximum Gasteiger partial charge on any atom is 0.0394 e. The van der Waals surface area contributed by atoms with Crippen LogP contribution in [0.4, 0.5) is 5.69 Å². The molecule has 0 saturated carbocycles. The van der Waals surface area contributed by atoms with Crippen molar-refractivity contribution in [3.63, 3.8) is 0 Å². The van der Waals surface area contributed by atoms with Gasteiger partial charge < -0.3 is 5.73 Å². The predicted octanol–water partition coefficient (Wildman–Crippen LogP) is 0.869. The third-order valence-corrected chi connectivity index (χ3v) is 0.681. The summed E-state index contributed by atoms with van der Waals surface area (Å²) in [5.41, 5.74) is 5.95. The zero-order chi connectivity index (χ0) is 5.11. The quantitative estimate of drug-likeness (QED) is 0.471. The second-order valence-electron chi connectivity index (χ2n) is 1.24. The molecule has 2 radical (unpaired) electrons. The normalized spacial score (nSPS) is 8.57. The molecular weight excluding hydrogens is 86.1 g/mol. The number of benzene rings is 1. The molecule has 0 saturated heterocycles. The van der Waals surface area contributed by atoms with Crippen molar-refractivity contribution in [3.05, 3.63) is 30.3 Å². The first-order valence-corrected chi connectivity index (χ1v) is 2.03. The Morgan fingerprint density at radius 2 is 2.43 bits per heavy atom. The van der Waals surface area contributed by atoms with Gasteiger partial charge in [-0.15, -0.1) is 0 Å². The summed E-state index contributed by atoms with van der Waals surface area (Å²) >= 11 is 0. The van der Waals surface area contributed by atoms with Crippen LogP contribution in [-0.2, 0) is 0 Å². The summed E-state index contributed by atoms with van der Waals surface area (Å²) in [6, 6.07) is 10.7. The number of rotatable bonds is 0. The summed E-state index contributed by atoms with van der Waals surface area (Å²) in [4.78, 5) is 0. The Bertz CT molecular complexity index is 134. The van der Waals surface area contributed by atoms with Gasteiger partial charge in [-0.2, -0.15) is 0 Å². The van der Waals surface area contributed by atoms with Gasteiger partial charge in [0.15, 0.2) is 0 Å². The average Bonchev–Trinajstić information content (AvgIpc) is 1.69. The van der Waals surface area contributed by atoms with Gasteiger partial charge in [0.1, 0.15) is 0 Å². The van der Waals surface area contributed by atoms with Gasteiger partial charge in [0, 0.05) is 11.8 Å². The van der Waals surface area contributed by atoms with Gasteiger partial charge >= 0.3 is 0 Å². The van der Waals surface area contributed by atoms with Crippen molar-refractivity contribution in [2.75, 3.05) is 5.73 Å². The first-order chi connectivity index (χ1) is 3.39. The molecule has 1 rings (SSSR count). The smallest absolute Gasteiger partial charge is 0.0394 e. The van der Waals surface area contributed by atoms with Crippen LogP contribution in [0.1, 0.15) is 0 Å². The van der Waals surface area contributed by atoms with Gasteiger partial charge in [0.2, 0.25) is 0 Å². The van der Waals surface area contributed by atoms with Crippen molar-refractivity contribution in [2.24, 2.45) is 0 Å². The highest BCUT2D eigenvalue weighted by Gasteiger charge is 1.73. The Morgan fingerprint density at radius 1 is 1.57 bits per heavy atom. The summed E-state index contributed by atoms with van der Waals surface area (Å²) in [5, 5.41) is 0. The summed E-state index contributed by atoms with van der Waals surface area (Å²) in [6.07, 6.45) is 0. The number of hydrogen-bond acceptors (Lipinski definition) is 1. The van der Waals surface area contributed by atoms with Crippen molar-refractivity contribution in [1.82, 2.24) is 0 Å². The van der Waals surface area contributed by atoms with Gasteiger partial charge in [-0.25, -0.2) is 0 Å². The first kappa shape index (κ1) is 4.19. The van der Waals surface area contributed by atoms with Crippen LogP contribution in [0.25, 0.3) is 0 Å². The minimum atomic E-state index is 0.666. The maximum atomic E-state index is 5.28. The highest BCUT2D eigenvalue weighted by molar-refractivity contribution is 5.34. The molecule has 2 N–H and O–H groups in total. The van der Waals surface area contributed by atoms with Crippen molar-refractivity contribution in [3.8, 4) is 0 Å². The van der Waals surface area contributed by atoms with E-state index in [4.69, 9.17) is 5.73 Å². The van der Waals surface area contributed by atoms with E-state index < -0.39 is 0 Å². The van der Waals surface area contributed by atoms with E-state index in [2.05, 4.69) is 12.1 Å². The van der Waals surface area contributed by atoms with Gasteiger partial charge in [-0.05, 0) is 18.2 Å². The second kappa shape index (κ2) is 1.65. The monoisotopic (exact) mass is 91.0 g/mol. The zero-order valence-electron chi connectivity index (χ0n) is 3.81. The molecule has 0 aliphatic heterocycles. The van der Waals surface area contributed by atoms with Crippen LogP contribution in [0.3, 0.4) is 0 Å². The van der Waals surface area contributed by atoms with Gasteiger partial charge in [0.05, 0.1) is 0 Å². The number of anilines is 1. The van der Waals surface area contributed by atoms with Gasteiger partial charge in [-0.3, -0.25) is 0 Å². The lowest BCUT2D eigenvalue weighted by Gasteiger charge is -1.82. The largest absolute Gasteiger partial charge is 0.398 e. The van der Waals surface area contributed by atoms with Crippen molar-refractivity contribution in [2.45, 2.75) is 0 Å². The molecular formula is C6H5N. The topological polar surface area (TPSA) is 26.0 Å². The van der Waals surface area contributed by atoms with E-state index in [1.165, 1.54) is 0 Å². The second-order valence-corrected chi connectivity index (χ2v) is 1.24. The van der Waals surface area contributed by atoms with E-state index >= 15 is 0 Å². The van der Waals surface area contributed by atoms with E-state index in [-0.39, 0.29) is 0 Å². The fourth-order valence-corrected chi connectivity index (χ4v) is 0.359. The third kappa shape index (κ3) is 0.929. The molecule has 0 fully saturated rings. The van der Waals surface area contributed by atoms with Crippen LogP contribution >= 0.6 is 0 Å². The third-order valence-electron chi connectivity index (χ3n) is 0.681. The fourth-order valence-electron chi connectivity index (χ4n) is 0.359. The van der Waals surface area contributed by atoms with Crippen LogP contribution < -0.4 is 5.73 Å². The average molecular weight is 91.1 g/mol. The van der Waals surface area contributed by atoms with Gasteiger partial charge in [-0.1, -0.05) is 6.07 Å². The molecule has 0 aliphatic rings. The zero-order valence-corrected chi connectivity index (χ0v) is 3.81. The molecule has 1 aromatic rings. The highest BCUT2D eigenvalue weighted by Crippen LogP contribution is 1.94. The molecule has 1 aromatic carbocycles. The number of hydrogen-bond donors (Lipinski definition) is 1. The molecule has 0 heterocycles. The van der Waals surface area contributed by atoms with Crippen molar-refractivity contribution < 1.29 is 0 Å². The molecule has 0 aliphatic carbocycles. The summed E-state index contributed by atoms with van der Waals surface area (Å²) in [6.45, 7) is 0. The predicted molar refractivity (Wildman–Crippen MR) is 28.5 cm³/mol. The Hall–Kier alpha value is -0.980. The first-order valence-electron chi connectivity index (χ1n) is 2.03. The van der Waals surface area contributed by atoms with Crippen molar-refractivity contribution in [1.29, 1.82) is 0 Å². The van der Waals surface area contributed by atoms with Crippen LogP contribution in [0, 0.1) is 12.1 Å². The van der Waals surface area contributed by atoms with Crippen LogP contribution in [0.2, 0.25) is 0 Å². The fraction of sp³-hybridized carbons (Fsp3) is 0. The van der Waals surface area contributed by atoms with E-state index in [0.29, 0.717) is 5.69 Å². The summed E-state index contributed by atoms with van der Waals surface area (Å²) in [5.74, 6) is 0. The minimum absolute atomic E-state index is 0.666. The molecule has 0 unspecified atom stereocenters. The SMILES string of the molecule is Nc1[c]c[c]cc1. The number of nitrogens with two attached hydrogens (primary N) is 1. The minimum Gasteiger partial charge on any atom is -0.398 e. The molecule has 1 heteroatoms. The molecule has 0 atom stereocenters. The highest BCUT2D eigenvalue weighted by atomic mass is 14.5. The lowest BCUT2D eigenvalue weighted by molar-refractivity contribution is 1.66. The van der Waals surface area contributed by atoms with E-state index in [1.54, 1.807) is 18.2 Å². The number of nitrogen functional groups attached to an aromatic ring is 1. The lowest BCUT2D eigenvalue weighted by Crippen LogP contribution is -1.80. The van der Waals surface area contributed by atoms with Crippen LogP contribution in [-0.4, -0.2) is 0 Å². The van der Waals surface area contributed by atoms with E-state index in [0.717, 1.165) is 0 Å². The molecule has 0 amide bonds. The molecule has 0 aromatic heterocycles. The van der Waals surface area contributed by atoms with E-state index in [9.17, 15) is 0 Å². The molecule has 7 heavy (non-hydrogen) atoms. The summed E-state index contributed by atoms with van der Waals surface area (Å²) < 4.78 is 0. The Balaban J connectivity index is 3.02. The molecule has 1 nitrogen and oxygen atoms in total. The van der Waals surface area contributed by atoms with Crippen LogP contribution in [0.15, 0.2) is 18.2 Å². The Morgan fingerprint density at radius 3 is 2.71 bits per heavy atom. The summed E-state index contributed by atoms with van der Waals surface area (Å²) in [7, 11) is 0. The van der Waals surface area contributed by atoms with Crippen molar-refractivity contribution >= 4 is 5.69 Å². The van der Waals surface area contributed by atoms with Gasteiger partial charge in [0.25, 0.3) is 0 Å². The standard InChI is InChI=1S/C6H5N/c7-6-4-2-1-3-5-6/h2-4H,7H2. The Labute approximate surface area is 42.8 Å². The maximum absolute atomic E-state index is 5.28. The molecule has 34 valence electrons.